The lowest BCUT2D eigenvalue weighted by Crippen LogP contribution is -2.63. The molecule has 2 nitrogen and oxygen atoms in total. The number of nitrogens with one attached hydrogen (secondary N) is 1. The molecule has 0 radical (unpaired) electrons. The molecule has 1 fully saturated rings. The number of rotatable bonds is 7. The number of piperazine rings is 1. The van der Waals surface area contributed by atoms with Crippen molar-refractivity contribution in [2.24, 2.45) is 11.8 Å². The van der Waals surface area contributed by atoms with Gasteiger partial charge in [0.2, 0.25) is 0 Å². The quantitative estimate of drug-likeness (QED) is 0.753. The van der Waals surface area contributed by atoms with Crippen molar-refractivity contribution in [3.63, 3.8) is 0 Å². The molecule has 2 heteroatoms. The zero-order valence-corrected chi connectivity index (χ0v) is 14.1. The lowest BCUT2D eigenvalue weighted by atomic mass is 9.90. The SMILES string of the molecule is CCCCC(CC)CN1CC(C)(C)NCC1C(C)C. The molecule has 1 rings (SSSR count). The van der Waals surface area contributed by atoms with Crippen LogP contribution < -0.4 is 5.32 Å². The van der Waals surface area contributed by atoms with Crippen LogP contribution in [0.25, 0.3) is 0 Å². The molecule has 0 bridgehead atoms. The molecule has 1 heterocycles. The average molecular weight is 268 g/mol. The Kier molecular flexibility index (Phi) is 6.82. The van der Waals surface area contributed by atoms with Gasteiger partial charge in [0, 0.05) is 31.2 Å². The number of unbranched alkanes of at least 4 members (excludes halogenated alkanes) is 1. The minimum atomic E-state index is 0.272. The summed E-state index contributed by atoms with van der Waals surface area (Å²) in [7, 11) is 0. The first-order chi connectivity index (χ1) is 8.89. The van der Waals surface area contributed by atoms with Crippen molar-refractivity contribution >= 4 is 0 Å². The topological polar surface area (TPSA) is 15.3 Å². The van der Waals surface area contributed by atoms with Crippen LogP contribution in [0.1, 0.15) is 67.2 Å². The Labute approximate surface area is 121 Å². The summed E-state index contributed by atoms with van der Waals surface area (Å²) < 4.78 is 0. The summed E-state index contributed by atoms with van der Waals surface area (Å²) in [5.41, 5.74) is 0.272. The van der Waals surface area contributed by atoms with Crippen LogP contribution in [0.4, 0.5) is 0 Å². The molecule has 1 saturated heterocycles. The van der Waals surface area contributed by atoms with Crippen molar-refractivity contribution in [3.8, 4) is 0 Å². The van der Waals surface area contributed by atoms with Gasteiger partial charge in [-0.05, 0) is 32.1 Å². The van der Waals surface area contributed by atoms with Crippen LogP contribution in [-0.2, 0) is 0 Å². The Hall–Kier alpha value is -0.0800. The zero-order chi connectivity index (χ0) is 14.5. The van der Waals surface area contributed by atoms with Gasteiger partial charge >= 0.3 is 0 Å². The second-order valence-electron chi connectivity index (χ2n) is 7.42. The van der Waals surface area contributed by atoms with E-state index in [9.17, 15) is 0 Å². The number of hydrogen-bond donors (Lipinski definition) is 1. The Bertz CT molecular complexity index is 248. The van der Waals surface area contributed by atoms with Crippen LogP contribution in [0.5, 0.6) is 0 Å². The van der Waals surface area contributed by atoms with Gasteiger partial charge in [-0.3, -0.25) is 4.90 Å². The number of hydrogen-bond acceptors (Lipinski definition) is 2. The van der Waals surface area contributed by atoms with Crippen molar-refractivity contribution in [2.75, 3.05) is 19.6 Å². The molecule has 1 N–H and O–H groups in total. The van der Waals surface area contributed by atoms with Gasteiger partial charge in [-0.2, -0.15) is 0 Å². The normalized spacial score (nSPS) is 25.7. The van der Waals surface area contributed by atoms with Gasteiger partial charge in [-0.15, -0.1) is 0 Å². The second kappa shape index (κ2) is 7.64. The van der Waals surface area contributed by atoms with Gasteiger partial charge in [0.25, 0.3) is 0 Å². The third-order valence-corrected chi connectivity index (χ3v) is 4.66. The van der Waals surface area contributed by atoms with E-state index in [1.807, 2.05) is 0 Å². The predicted molar refractivity (Wildman–Crippen MR) is 85.6 cm³/mol. The van der Waals surface area contributed by atoms with E-state index in [1.165, 1.54) is 38.8 Å². The van der Waals surface area contributed by atoms with Gasteiger partial charge in [0.1, 0.15) is 0 Å². The Morgan fingerprint density at radius 2 is 1.95 bits per heavy atom. The van der Waals surface area contributed by atoms with Crippen LogP contribution in [0.2, 0.25) is 0 Å². The molecule has 2 unspecified atom stereocenters. The monoisotopic (exact) mass is 268 g/mol. The second-order valence-corrected chi connectivity index (χ2v) is 7.42. The van der Waals surface area contributed by atoms with E-state index in [0.717, 1.165) is 18.4 Å². The van der Waals surface area contributed by atoms with Crippen LogP contribution in [-0.4, -0.2) is 36.1 Å². The smallest absolute Gasteiger partial charge is 0.0252 e. The minimum absolute atomic E-state index is 0.272. The van der Waals surface area contributed by atoms with Crippen molar-refractivity contribution in [1.82, 2.24) is 10.2 Å². The van der Waals surface area contributed by atoms with Crippen LogP contribution in [0.3, 0.4) is 0 Å². The Morgan fingerprint density at radius 1 is 1.26 bits per heavy atom. The first-order valence-electron chi connectivity index (χ1n) is 8.38. The molecule has 1 aliphatic heterocycles. The largest absolute Gasteiger partial charge is 0.309 e. The van der Waals surface area contributed by atoms with Gasteiger partial charge in [-0.1, -0.05) is 47.0 Å². The summed E-state index contributed by atoms with van der Waals surface area (Å²) >= 11 is 0. The molecule has 1 aliphatic rings. The van der Waals surface area contributed by atoms with E-state index in [4.69, 9.17) is 0 Å². The molecule has 0 amide bonds. The minimum Gasteiger partial charge on any atom is -0.309 e. The Balaban J connectivity index is 2.62. The summed E-state index contributed by atoms with van der Waals surface area (Å²) in [6, 6.07) is 0.712. The fourth-order valence-electron chi connectivity index (χ4n) is 3.30. The van der Waals surface area contributed by atoms with Crippen LogP contribution in [0, 0.1) is 11.8 Å². The highest BCUT2D eigenvalue weighted by Crippen LogP contribution is 2.24. The molecule has 0 saturated carbocycles. The fourth-order valence-corrected chi connectivity index (χ4v) is 3.30. The van der Waals surface area contributed by atoms with Crippen molar-refractivity contribution in [1.29, 1.82) is 0 Å². The van der Waals surface area contributed by atoms with E-state index in [2.05, 4.69) is 51.8 Å². The lowest BCUT2D eigenvalue weighted by molar-refractivity contribution is 0.0530. The van der Waals surface area contributed by atoms with Crippen LogP contribution in [0.15, 0.2) is 0 Å². The third-order valence-electron chi connectivity index (χ3n) is 4.66. The molecule has 0 aromatic heterocycles. The van der Waals surface area contributed by atoms with E-state index in [1.54, 1.807) is 0 Å². The molecule has 0 aliphatic carbocycles. The average Bonchev–Trinajstić information content (AvgIpc) is 2.32. The van der Waals surface area contributed by atoms with Gasteiger partial charge in [0.15, 0.2) is 0 Å². The summed E-state index contributed by atoms with van der Waals surface area (Å²) in [5.74, 6) is 1.63. The van der Waals surface area contributed by atoms with Gasteiger partial charge in [-0.25, -0.2) is 0 Å². The highest BCUT2D eigenvalue weighted by atomic mass is 15.3. The maximum atomic E-state index is 3.71. The first-order valence-corrected chi connectivity index (χ1v) is 8.38. The summed E-state index contributed by atoms with van der Waals surface area (Å²) in [6.45, 7) is 17.7. The highest BCUT2D eigenvalue weighted by Gasteiger charge is 2.34. The predicted octanol–water partition coefficient (Wildman–Crippen LogP) is 3.91. The summed E-state index contributed by atoms with van der Waals surface area (Å²) in [5, 5.41) is 3.71. The lowest BCUT2D eigenvalue weighted by Gasteiger charge is -2.47. The van der Waals surface area contributed by atoms with E-state index >= 15 is 0 Å². The summed E-state index contributed by atoms with van der Waals surface area (Å²) in [4.78, 5) is 2.77. The maximum absolute atomic E-state index is 3.71. The van der Waals surface area contributed by atoms with Gasteiger partial charge < -0.3 is 5.32 Å². The van der Waals surface area contributed by atoms with Gasteiger partial charge in [0.05, 0.1) is 0 Å². The van der Waals surface area contributed by atoms with E-state index in [-0.39, 0.29) is 5.54 Å². The molecule has 0 spiro atoms. The highest BCUT2D eigenvalue weighted by molar-refractivity contribution is 4.93. The summed E-state index contributed by atoms with van der Waals surface area (Å²) in [6.07, 6.45) is 5.45. The van der Waals surface area contributed by atoms with Crippen LogP contribution >= 0.6 is 0 Å². The third kappa shape index (κ3) is 5.43. The standard InChI is InChI=1S/C17H36N2/c1-7-9-10-15(8-2)12-19-13-17(5,6)18-11-16(19)14(3)4/h14-16,18H,7-13H2,1-6H3. The van der Waals surface area contributed by atoms with Crippen molar-refractivity contribution in [2.45, 2.75) is 78.8 Å². The fraction of sp³-hybridized carbons (Fsp3) is 1.00. The number of nitrogens with zero attached hydrogens (tertiary/aromatic N) is 1. The molecular weight excluding hydrogens is 232 g/mol. The molecule has 2 atom stereocenters. The van der Waals surface area contributed by atoms with E-state index < -0.39 is 0 Å². The zero-order valence-electron chi connectivity index (χ0n) is 14.1. The first kappa shape index (κ1) is 17.0. The Morgan fingerprint density at radius 3 is 2.47 bits per heavy atom. The maximum Gasteiger partial charge on any atom is 0.0252 e. The molecule has 0 aromatic rings. The molecule has 19 heavy (non-hydrogen) atoms. The van der Waals surface area contributed by atoms with E-state index in [0.29, 0.717) is 6.04 Å². The van der Waals surface area contributed by atoms with Crippen molar-refractivity contribution in [3.05, 3.63) is 0 Å². The van der Waals surface area contributed by atoms with Crippen molar-refractivity contribution < 1.29 is 0 Å². The molecule has 0 aromatic carbocycles. The molecular formula is C17H36N2. The molecule has 114 valence electrons.